The Hall–Kier alpha value is -1.61. The first-order valence-electron chi connectivity index (χ1n) is 5.93. The Kier molecular flexibility index (Phi) is 4.15. The third-order valence-electron chi connectivity index (χ3n) is 2.66. The van der Waals surface area contributed by atoms with E-state index in [-0.39, 0.29) is 5.78 Å². The molecule has 0 radical (unpaired) electrons. The molecule has 0 unspecified atom stereocenters. The fourth-order valence-electron chi connectivity index (χ4n) is 1.58. The number of rotatable bonds is 4. The minimum Gasteiger partial charge on any atom is -0.292 e. The monoisotopic (exact) mass is 257 g/mol. The molecule has 1 heterocycles. The second kappa shape index (κ2) is 5.83. The van der Waals surface area contributed by atoms with Crippen molar-refractivity contribution < 1.29 is 4.79 Å². The van der Waals surface area contributed by atoms with Crippen LogP contribution < -0.4 is 0 Å². The summed E-state index contributed by atoms with van der Waals surface area (Å²) in [5, 5.41) is 0. The normalized spacial score (nSPS) is 10.3. The van der Waals surface area contributed by atoms with Crippen LogP contribution in [0.3, 0.4) is 0 Å². The molecule has 0 saturated heterocycles. The Morgan fingerprint density at radius 2 is 2.00 bits per heavy atom. The topological polar surface area (TPSA) is 30.0 Å². The molecule has 1 aromatic carbocycles. The van der Waals surface area contributed by atoms with Crippen molar-refractivity contribution in [2.24, 2.45) is 0 Å². The van der Waals surface area contributed by atoms with Crippen molar-refractivity contribution in [2.75, 3.05) is 0 Å². The van der Waals surface area contributed by atoms with E-state index < -0.39 is 0 Å². The predicted octanol–water partition coefficient (Wildman–Crippen LogP) is 4.13. The number of ketones is 1. The summed E-state index contributed by atoms with van der Waals surface area (Å²) in [5.74, 6) is 0.0856. The van der Waals surface area contributed by atoms with E-state index in [1.165, 1.54) is 10.5 Å². The third-order valence-corrected chi connectivity index (χ3v) is 3.82. The van der Waals surface area contributed by atoms with Gasteiger partial charge in [0.25, 0.3) is 0 Å². The van der Waals surface area contributed by atoms with E-state index in [0.717, 1.165) is 4.90 Å². The lowest BCUT2D eigenvalue weighted by Crippen LogP contribution is -1.99. The van der Waals surface area contributed by atoms with E-state index in [0.29, 0.717) is 12.1 Å². The third kappa shape index (κ3) is 2.99. The summed E-state index contributed by atoms with van der Waals surface area (Å²) in [7, 11) is 0. The number of benzene rings is 1. The van der Waals surface area contributed by atoms with Gasteiger partial charge in [0, 0.05) is 22.4 Å². The van der Waals surface area contributed by atoms with Crippen molar-refractivity contribution in [1.29, 1.82) is 0 Å². The zero-order valence-electron chi connectivity index (χ0n) is 10.5. The minimum absolute atomic E-state index is 0.0856. The Balaban J connectivity index is 2.16. The van der Waals surface area contributed by atoms with E-state index in [1.54, 1.807) is 24.0 Å². The van der Waals surface area contributed by atoms with E-state index in [4.69, 9.17) is 0 Å². The van der Waals surface area contributed by atoms with Crippen molar-refractivity contribution >= 4 is 17.5 Å². The fraction of sp³-hybridized carbons (Fsp3) is 0.200. The molecular weight excluding hydrogens is 242 g/mol. The van der Waals surface area contributed by atoms with Crippen LogP contribution in [-0.4, -0.2) is 10.8 Å². The van der Waals surface area contributed by atoms with Gasteiger partial charge in [0.15, 0.2) is 5.78 Å². The highest BCUT2D eigenvalue weighted by Gasteiger charge is 2.05. The molecule has 92 valence electrons. The average Bonchev–Trinajstić information content (AvgIpc) is 2.41. The molecule has 0 aliphatic heterocycles. The minimum atomic E-state index is 0.0856. The molecule has 0 fully saturated rings. The van der Waals surface area contributed by atoms with Crippen LogP contribution in [0.4, 0.5) is 0 Å². The summed E-state index contributed by atoms with van der Waals surface area (Å²) in [5.41, 5.74) is 1.79. The van der Waals surface area contributed by atoms with E-state index in [9.17, 15) is 4.79 Å². The summed E-state index contributed by atoms with van der Waals surface area (Å²) in [6, 6.07) is 12.0. The zero-order valence-corrected chi connectivity index (χ0v) is 11.3. The first kappa shape index (κ1) is 12.8. The molecule has 0 bridgehead atoms. The van der Waals surface area contributed by atoms with Crippen molar-refractivity contribution in [1.82, 2.24) is 4.98 Å². The highest BCUT2D eigenvalue weighted by molar-refractivity contribution is 7.99. The average molecular weight is 257 g/mol. The first-order chi connectivity index (χ1) is 8.70. The van der Waals surface area contributed by atoms with Crippen LogP contribution in [0.25, 0.3) is 0 Å². The smallest absolute Gasteiger partial charge is 0.180 e. The van der Waals surface area contributed by atoms with Crippen LogP contribution in [0.2, 0.25) is 0 Å². The first-order valence-corrected chi connectivity index (χ1v) is 6.75. The maximum absolute atomic E-state index is 11.5. The van der Waals surface area contributed by atoms with Gasteiger partial charge in [-0.2, -0.15) is 0 Å². The van der Waals surface area contributed by atoms with Crippen molar-refractivity contribution in [3.8, 4) is 0 Å². The number of carbonyl (C=O) groups is 1. The fourth-order valence-corrected chi connectivity index (χ4v) is 2.46. The lowest BCUT2D eigenvalue weighted by molar-refractivity contribution is 0.0983. The Morgan fingerprint density at radius 3 is 2.61 bits per heavy atom. The molecule has 0 saturated carbocycles. The van der Waals surface area contributed by atoms with Gasteiger partial charge in [0.2, 0.25) is 0 Å². The summed E-state index contributed by atoms with van der Waals surface area (Å²) >= 11 is 1.67. The zero-order chi connectivity index (χ0) is 13.0. The highest BCUT2D eigenvalue weighted by Crippen LogP contribution is 2.29. The lowest BCUT2D eigenvalue weighted by Gasteiger charge is -2.05. The van der Waals surface area contributed by atoms with Crippen LogP contribution in [0.15, 0.2) is 52.4 Å². The molecule has 0 N–H and O–H groups in total. The molecule has 2 nitrogen and oxygen atoms in total. The van der Waals surface area contributed by atoms with Gasteiger partial charge in [-0.3, -0.25) is 9.78 Å². The molecule has 0 spiro atoms. The molecular formula is C15H15NOS. The van der Waals surface area contributed by atoms with Gasteiger partial charge in [-0.1, -0.05) is 36.9 Å². The molecule has 18 heavy (non-hydrogen) atoms. The van der Waals surface area contributed by atoms with Gasteiger partial charge in [-0.25, -0.2) is 0 Å². The van der Waals surface area contributed by atoms with Gasteiger partial charge in [0.05, 0.1) is 0 Å². The van der Waals surface area contributed by atoms with Gasteiger partial charge in [-0.15, -0.1) is 0 Å². The standard InChI is InChI=1S/C15H15NOS/c1-3-14(17)13-9-8-12(10-16-13)18-15-7-5-4-6-11(15)2/h4-10H,3H2,1-2H3. The van der Waals surface area contributed by atoms with Gasteiger partial charge in [-0.05, 0) is 30.7 Å². The molecule has 0 amide bonds. The SMILES string of the molecule is CCC(=O)c1ccc(Sc2ccccc2C)cn1. The summed E-state index contributed by atoms with van der Waals surface area (Å²) in [6.07, 6.45) is 2.26. The lowest BCUT2D eigenvalue weighted by atomic mass is 10.2. The number of nitrogens with zero attached hydrogens (tertiary/aromatic N) is 1. The second-order valence-corrected chi connectivity index (χ2v) is 5.14. The van der Waals surface area contributed by atoms with Crippen molar-refractivity contribution in [3.63, 3.8) is 0 Å². The number of pyridine rings is 1. The molecule has 1 aromatic heterocycles. The molecule has 0 atom stereocenters. The van der Waals surface area contributed by atoms with Gasteiger partial charge >= 0.3 is 0 Å². The van der Waals surface area contributed by atoms with E-state index >= 15 is 0 Å². The Labute approximate surface area is 111 Å². The Bertz CT molecular complexity index is 549. The number of Topliss-reactive ketones (excluding diaryl/α,β-unsaturated/α-hetero) is 1. The van der Waals surface area contributed by atoms with Crippen LogP contribution in [0, 0.1) is 6.92 Å². The highest BCUT2D eigenvalue weighted by atomic mass is 32.2. The number of aromatic nitrogens is 1. The number of hydrogen-bond donors (Lipinski definition) is 0. The number of aryl methyl sites for hydroxylation is 1. The number of carbonyl (C=O) groups excluding carboxylic acids is 1. The van der Waals surface area contributed by atoms with Crippen molar-refractivity contribution in [2.45, 2.75) is 30.1 Å². The van der Waals surface area contributed by atoms with E-state index in [1.807, 2.05) is 25.1 Å². The maximum Gasteiger partial charge on any atom is 0.180 e. The van der Waals surface area contributed by atoms with Crippen LogP contribution in [0.5, 0.6) is 0 Å². The largest absolute Gasteiger partial charge is 0.292 e. The van der Waals surface area contributed by atoms with Crippen LogP contribution in [-0.2, 0) is 0 Å². The summed E-state index contributed by atoms with van der Waals surface area (Å²) in [6.45, 7) is 3.94. The maximum atomic E-state index is 11.5. The Morgan fingerprint density at radius 1 is 1.22 bits per heavy atom. The molecule has 3 heteroatoms. The van der Waals surface area contributed by atoms with E-state index in [2.05, 4.69) is 24.0 Å². The molecule has 0 aliphatic rings. The van der Waals surface area contributed by atoms with Crippen LogP contribution >= 0.6 is 11.8 Å². The van der Waals surface area contributed by atoms with Crippen molar-refractivity contribution in [3.05, 3.63) is 53.9 Å². The molecule has 2 rings (SSSR count). The molecule has 0 aliphatic carbocycles. The summed E-state index contributed by atoms with van der Waals surface area (Å²) < 4.78 is 0. The second-order valence-electron chi connectivity index (χ2n) is 4.02. The van der Waals surface area contributed by atoms with Crippen LogP contribution in [0.1, 0.15) is 29.4 Å². The van der Waals surface area contributed by atoms with Gasteiger partial charge in [0.1, 0.15) is 5.69 Å². The molecule has 2 aromatic rings. The predicted molar refractivity (Wildman–Crippen MR) is 74.2 cm³/mol. The number of hydrogen-bond acceptors (Lipinski definition) is 3. The summed E-state index contributed by atoms with van der Waals surface area (Å²) in [4.78, 5) is 17.9. The van der Waals surface area contributed by atoms with Gasteiger partial charge < -0.3 is 0 Å². The quantitative estimate of drug-likeness (QED) is 0.771.